The standard InChI is InChI=1S/C59H34N4OS/c1-2-15-35(16-3-1)57-60-58(62-59(61-57)45-25-14-24-43-42-22-9-12-27-51(42)64-56(43)45)39-29-30-49(63-48-26-11-8-21-41(48)46-31-36-17-4-5-18-37(36)33-50(46)63)47(32-39)54-40-20-7-6-19-38(40)34-53-55(54)44-23-10-13-28-52(44)65-53/h1-34H. The van der Waals surface area contributed by atoms with E-state index in [2.05, 4.69) is 168 Å². The molecule has 4 aromatic heterocycles. The van der Waals surface area contributed by atoms with E-state index in [0.29, 0.717) is 17.5 Å². The second kappa shape index (κ2) is 14.0. The Morgan fingerprint density at radius 3 is 1.91 bits per heavy atom. The largest absolute Gasteiger partial charge is 0.455 e. The molecule has 10 aromatic carbocycles. The molecule has 4 heterocycles. The molecule has 14 rings (SSSR count). The Bertz CT molecular complexity index is 4260. The first-order chi connectivity index (χ1) is 32.2. The number of thiophene rings is 1. The van der Waals surface area contributed by atoms with Crippen molar-refractivity contribution in [1.29, 1.82) is 0 Å². The summed E-state index contributed by atoms with van der Waals surface area (Å²) in [5.41, 5.74) is 9.83. The van der Waals surface area contributed by atoms with Crippen molar-refractivity contribution in [3.05, 3.63) is 206 Å². The van der Waals surface area contributed by atoms with Crippen molar-refractivity contribution in [2.24, 2.45) is 0 Å². The van der Waals surface area contributed by atoms with E-state index in [0.717, 1.165) is 60.9 Å². The molecule has 14 aromatic rings. The first-order valence-corrected chi connectivity index (χ1v) is 22.7. The highest BCUT2D eigenvalue weighted by Gasteiger charge is 2.24. The first-order valence-electron chi connectivity index (χ1n) is 21.8. The molecule has 0 saturated heterocycles. The van der Waals surface area contributed by atoms with Gasteiger partial charge in [0.25, 0.3) is 0 Å². The van der Waals surface area contributed by atoms with Crippen LogP contribution in [0, 0.1) is 0 Å². The molecule has 0 radical (unpaired) electrons. The van der Waals surface area contributed by atoms with E-state index < -0.39 is 0 Å². The van der Waals surface area contributed by atoms with E-state index in [9.17, 15) is 0 Å². The van der Waals surface area contributed by atoms with E-state index in [-0.39, 0.29) is 0 Å². The molecule has 0 unspecified atom stereocenters. The number of benzene rings is 10. The Labute approximate surface area is 376 Å². The number of rotatable bonds is 5. The summed E-state index contributed by atoms with van der Waals surface area (Å²) in [6.45, 7) is 0. The lowest BCUT2D eigenvalue weighted by Crippen LogP contribution is -2.02. The lowest BCUT2D eigenvalue weighted by molar-refractivity contribution is 0.669. The predicted molar refractivity (Wildman–Crippen MR) is 271 cm³/mol. The quantitative estimate of drug-likeness (QED) is 0.173. The third-order valence-electron chi connectivity index (χ3n) is 13.0. The summed E-state index contributed by atoms with van der Waals surface area (Å²) in [6, 6.07) is 73.4. The van der Waals surface area contributed by atoms with Gasteiger partial charge in [-0.2, -0.15) is 0 Å². The SMILES string of the molecule is c1ccc(-c2nc(-c3ccc(-n4c5ccccc5c5cc6ccccc6cc54)c(-c4c5ccccc5cc5sc6ccccc6c45)c3)nc(-c3cccc4c3oc3ccccc34)n2)cc1. The summed E-state index contributed by atoms with van der Waals surface area (Å²) in [5, 5.41) is 11.8. The lowest BCUT2D eigenvalue weighted by atomic mass is 9.91. The third kappa shape index (κ3) is 5.54. The molecule has 0 aliphatic carbocycles. The molecule has 0 fully saturated rings. The average molecular weight is 847 g/mol. The number of para-hydroxylation sites is 3. The van der Waals surface area contributed by atoms with Gasteiger partial charge in [0.15, 0.2) is 17.5 Å². The van der Waals surface area contributed by atoms with Gasteiger partial charge in [-0.25, -0.2) is 15.0 Å². The van der Waals surface area contributed by atoms with Crippen LogP contribution in [0.4, 0.5) is 0 Å². The third-order valence-corrected chi connectivity index (χ3v) is 14.1. The van der Waals surface area contributed by atoms with Gasteiger partial charge in [-0.1, -0.05) is 146 Å². The summed E-state index contributed by atoms with van der Waals surface area (Å²) < 4.78 is 11.5. The molecule has 0 atom stereocenters. The van der Waals surface area contributed by atoms with Crippen molar-refractivity contribution in [3.63, 3.8) is 0 Å². The van der Waals surface area contributed by atoms with Crippen LogP contribution in [0.3, 0.4) is 0 Å². The molecule has 0 bridgehead atoms. The van der Waals surface area contributed by atoms with Crippen LogP contribution in [0.1, 0.15) is 0 Å². The fourth-order valence-corrected chi connectivity index (χ4v) is 11.2. The fourth-order valence-electron chi connectivity index (χ4n) is 10.1. The maximum atomic E-state index is 6.57. The molecule has 0 aliphatic heterocycles. The monoisotopic (exact) mass is 846 g/mol. The highest BCUT2D eigenvalue weighted by atomic mass is 32.1. The van der Waals surface area contributed by atoms with Gasteiger partial charge in [0, 0.05) is 64.0 Å². The van der Waals surface area contributed by atoms with Gasteiger partial charge >= 0.3 is 0 Å². The van der Waals surface area contributed by atoms with Crippen molar-refractivity contribution < 1.29 is 4.42 Å². The molecule has 0 spiro atoms. The zero-order chi connectivity index (χ0) is 42.6. The smallest absolute Gasteiger partial charge is 0.167 e. The normalized spacial score (nSPS) is 12.0. The molecular weight excluding hydrogens is 813 g/mol. The van der Waals surface area contributed by atoms with Gasteiger partial charge in [0.05, 0.1) is 22.3 Å². The Kier molecular flexibility index (Phi) is 7.79. The lowest BCUT2D eigenvalue weighted by Gasteiger charge is -2.19. The molecular formula is C59H34N4OS. The van der Waals surface area contributed by atoms with Crippen molar-refractivity contribution in [1.82, 2.24) is 19.5 Å². The maximum Gasteiger partial charge on any atom is 0.167 e. The van der Waals surface area contributed by atoms with Crippen molar-refractivity contribution in [2.75, 3.05) is 0 Å². The minimum absolute atomic E-state index is 0.551. The van der Waals surface area contributed by atoms with Crippen LogP contribution in [0.25, 0.3) is 136 Å². The fraction of sp³-hybridized carbons (Fsp3) is 0. The molecule has 6 heteroatoms. The number of hydrogen-bond acceptors (Lipinski definition) is 5. The molecule has 5 nitrogen and oxygen atoms in total. The second-order valence-corrected chi connectivity index (χ2v) is 17.8. The molecule has 65 heavy (non-hydrogen) atoms. The van der Waals surface area contributed by atoms with E-state index in [1.165, 1.54) is 58.1 Å². The highest BCUT2D eigenvalue weighted by Crippen LogP contribution is 2.48. The second-order valence-electron chi connectivity index (χ2n) is 16.7. The van der Waals surface area contributed by atoms with E-state index >= 15 is 0 Å². The number of hydrogen-bond donors (Lipinski definition) is 0. The zero-order valence-corrected chi connectivity index (χ0v) is 35.6. The minimum Gasteiger partial charge on any atom is -0.455 e. The summed E-state index contributed by atoms with van der Waals surface area (Å²) in [6.07, 6.45) is 0. The topological polar surface area (TPSA) is 56.7 Å². The predicted octanol–water partition coefficient (Wildman–Crippen LogP) is 16.2. The van der Waals surface area contributed by atoms with Gasteiger partial charge < -0.3 is 8.98 Å². The molecule has 0 saturated carbocycles. The van der Waals surface area contributed by atoms with Gasteiger partial charge in [-0.3, -0.25) is 0 Å². The van der Waals surface area contributed by atoms with Gasteiger partial charge in [-0.05, 0) is 82.2 Å². The maximum absolute atomic E-state index is 6.57. The van der Waals surface area contributed by atoms with Crippen LogP contribution in [0.5, 0.6) is 0 Å². The van der Waals surface area contributed by atoms with E-state index in [1.54, 1.807) is 0 Å². The highest BCUT2D eigenvalue weighted by molar-refractivity contribution is 7.26. The molecule has 0 aliphatic rings. The van der Waals surface area contributed by atoms with Crippen LogP contribution in [0.2, 0.25) is 0 Å². The summed E-state index contributed by atoms with van der Waals surface area (Å²) in [5.74, 6) is 1.72. The van der Waals surface area contributed by atoms with Crippen molar-refractivity contribution in [2.45, 2.75) is 0 Å². The molecule has 0 amide bonds. The Morgan fingerprint density at radius 1 is 0.385 bits per heavy atom. The Morgan fingerprint density at radius 2 is 1.05 bits per heavy atom. The van der Waals surface area contributed by atoms with Gasteiger partial charge in [-0.15, -0.1) is 11.3 Å². The summed E-state index contributed by atoms with van der Waals surface area (Å²) >= 11 is 1.85. The summed E-state index contributed by atoms with van der Waals surface area (Å²) in [4.78, 5) is 15.8. The number of aromatic nitrogens is 4. The van der Waals surface area contributed by atoms with Crippen LogP contribution in [-0.2, 0) is 0 Å². The number of furan rings is 1. The van der Waals surface area contributed by atoms with Crippen LogP contribution >= 0.6 is 11.3 Å². The Hall–Kier alpha value is -8.45. The van der Waals surface area contributed by atoms with Gasteiger partial charge in [0.1, 0.15) is 11.2 Å². The van der Waals surface area contributed by atoms with Crippen molar-refractivity contribution >= 4 is 96.8 Å². The van der Waals surface area contributed by atoms with Gasteiger partial charge in [0.2, 0.25) is 0 Å². The van der Waals surface area contributed by atoms with Crippen LogP contribution in [-0.4, -0.2) is 19.5 Å². The van der Waals surface area contributed by atoms with Crippen LogP contribution < -0.4 is 0 Å². The minimum atomic E-state index is 0.551. The van der Waals surface area contributed by atoms with Crippen molar-refractivity contribution in [3.8, 4) is 51.0 Å². The zero-order valence-electron chi connectivity index (χ0n) is 34.7. The Balaban J connectivity index is 1.11. The molecule has 302 valence electrons. The van der Waals surface area contributed by atoms with E-state index in [4.69, 9.17) is 19.4 Å². The average Bonchev–Trinajstić information content (AvgIpc) is 4.04. The molecule has 0 N–H and O–H groups in total. The number of fused-ring (bicyclic) bond motifs is 11. The summed E-state index contributed by atoms with van der Waals surface area (Å²) in [7, 11) is 0. The van der Waals surface area contributed by atoms with E-state index in [1.807, 2.05) is 53.8 Å². The first kappa shape index (κ1) is 36.1. The van der Waals surface area contributed by atoms with Crippen LogP contribution in [0.15, 0.2) is 211 Å². The number of nitrogens with zero attached hydrogens (tertiary/aromatic N) is 4.